The zero-order valence-electron chi connectivity index (χ0n) is 16.4. The predicted octanol–water partition coefficient (Wildman–Crippen LogP) is 4.71. The average Bonchev–Trinajstić information content (AvgIpc) is 2.97. The number of carbonyl (C=O) groups is 1. The van der Waals surface area contributed by atoms with Gasteiger partial charge in [0.1, 0.15) is 0 Å². The maximum absolute atomic E-state index is 13.0. The van der Waals surface area contributed by atoms with Crippen LogP contribution < -0.4 is 5.32 Å². The molecule has 2 aliphatic rings. The van der Waals surface area contributed by atoms with Crippen molar-refractivity contribution in [1.29, 1.82) is 0 Å². The van der Waals surface area contributed by atoms with Crippen molar-refractivity contribution in [2.45, 2.75) is 58.1 Å². The Kier molecular flexibility index (Phi) is 5.81. The molecule has 6 heteroatoms. The first kappa shape index (κ1) is 19.9. The highest BCUT2D eigenvalue weighted by atomic mass is 79.9. The number of nitrogens with zero attached hydrogens (tertiary/aromatic N) is 1. The number of fused-ring (bicyclic) bond motifs is 1. The molecule has 0 spiro atoms. The number of rotatable bonds is 6. The van der Waals surface area contributed by atoms with Gasteiger partial charge in [-0.1, -0.05) is 41.3 Å². The van der Waals surface area contributed by atoms with Crippen LogP contribution in [-0.4, -0.2) is 34.9 Å². The maximum Gasteiger partial charge on any atom is 0.225 e. The molecule has 4 rings (SSSR count). The average molecular weight is 449 g/mol. The molecule has 1 saturated carbocycles. The normalized spacial score (nSPS) is 20.7. The molecule has 2 aromatic rings. The maximum atomic E-state index is 13.0. The van der Waals surface area contributed by atoms with E-state index in [1.54, 1.807) is 6.92 Å². The van der Waals surface area contributed by atoms with Crippen LogP contribution in [0.4, 0.5) is 5.69 Å². The van der Waals surface area contributed by atoms with Gasteiger partial charge < -0.3 is 19.7 Å². The number of benzene rings is 1. The quantitative estimate of drug-likeness (QED) is 0.672. The van der Waals surface area contributed by atoms with Crippen molar-refractivity contribution in [3.63, 3.8) is 0 Å². The number of carbonyl (C=O) groups excluding carboxylic acids is 1. The minimum atomic E-state index is -0.458. The monoisotopic (exact) mass is 448 g/mol. The second kappa shape index (κ2) is 8.17. The summed E-state index contributed by atoms with van der Waals surface area (Å²) in [6.45, 7) is 3.67. The highest BCUT2D eigenvalue weighted by Crippen LogP contribution is 2.46. The van der Waals surface area contributed by atoms with E-state index in [0.717, 1.165) is 21.1 Å². The first-order valence-electron chi connectivity index (χ1n) is 10.3. The van der Waals surface area contributed by atoms with Crippen molar-refractivity contribution >= 4 is 38.4 Å². The molecule has 1 aromatic carbocycles. The lowest BCUT2D eigenvalue weighted by molar-refractivity contribution is -0.163. The second-order valence-corrected chi connectivity index (χ2v) is 9.45. The molecule has 0 radical (unpaired) electrons. The van der Waals surface area contributed by atoms with Crippen LogP contribution in [0.2, 0.25) is 0 Å². The van der Waals surface area contributed by atoms with Crippen LogP contribution in [0.5, 0.6) is 0 Å². The lowest BCUT2D eigenvalue weighted by atomic mass is 9.65. The van der Waals surface area contributed by atoms with Crippen LogP contribution in [0.15, 0.2) is 28.9 Å². The minimum absolute atomic E-state index is 0.0136. The van der Waals surface area contributed by atoms with Crippen LogP contribution in [0, 0.1) is 11.3 Å². The summed E-state index contributed by atoms with van der Waals surface area (Å²) in [6.07, 6.45) is 8.29. The first-order chi connectivity index (χ1) is 13.5. The van der Waals surface area contributed by atoms with Crippen molar-refractivity contribution in [1.82, 2.24) is 4.57 Å². The molecule has 2 N–H and O–H groups in total. The van der Waals surface area contributed by atoms with Crippen LogP contribution in [-0.2, 0) is 16.1 Å². The Labute approximate surface area is 174 Å². The van der Waals surface area contributed by atoms with E-state index >= 15 is 0 Å². The van der Waals surface area contributed by atoms with E-state index in [0.29, 0.717) is 32.1 Å². The Bertz CT molecular complexity index is 851. The summed E-state index contributed by atoms with van der Waals surface area (Å²) in [7, 11) is 0. The van der Waals surface area contributed by atoms with E-state index in [4.69, 9.17) is 4.74 Å². The van der Waals surface area contributed by atoms with Crippen LogP contribution >= 0.6 is 15.9 Å². The number of nitrogens with one attached hydrogen (secondary N) is 1. The molecule has 2 heterocycles. The predicted molar refractivity (Wildman–Crippen MR) is 114 cm³/mol. The van der Waals surface area contributed by atoms with Gasteiger partial charge in [0, 0.05) is 34.4 Å². The van der Waals surface area contributed by atoms with Crippen molar-refractivity contribution in [3.8, 4) is 0 Å². The third-order valence-corrected chi connectivity index (χ3v) is 7.01. The van der Waals surface area contributed by atoms with Crippen molar-refractivity contribution in [3.05, 3.63) is 28.9 Å². The summed E-state index contributed by atoms with van der Waals surface area (Å²) < 4.78 is 8.51. The SMILES string of the molecule is CC(O)Cn1cc(NC(=O)CC2(C3CCCCC3)COC2)c2c(Br)cccc21. The molecule has 1 atom stereocenters. The highest BCUT2D eigenvalue weighted by Gasteiger charge is 2.47. The molecule has 28 heavy (non-hydrogen) atoms. The van der Waals surface area contributed by atoms with Gasteiger partial charge in [0.05, 0.1) is 30.5 Å². The third kappa shape index (κ3) is 3.87. The number of halogens is 1. The number of aromatic nitrogens is 1. The molecule has 1 amide bonds. The van der Waals surface area contributed by atoms with E-state index in [2.05, 4.69) is 21.2 Å². The fourth-order valence-corrected chi connectivity index (χ4v) is 5.48. The summed E-state index contributed by atoms with van der Waals surface area (Å²) in [5.74, 6) is 0.657. The Balaban J connectivity index is 1.55. The van der Waals surface area contributed by atoms with Crippen molar-refractivity contribution < 1.29 is 14.6 Å². The summed E-state index contributed by atoms with van der Waals surface area (Å²) in [5, 5.41) is 14.0. The van der Waals surface area contributed by atoms with E-state index in [1.807, 2.05) is 29.0 Å². The van der Waals surface area contributed by atoms with E-state index in [1.165, 1.54) is 32.1 Å². The van der Waals surface area contributed by atoms with Crippen molar-refractivity contribution in [2.75, 3.05) is 18.5 Å². The minimum Gasteiger partial charge on any atom is -0.392 e. The van der Waals surface area contributed by atoms with Gasteiger partial charge in [-0.25, -0.2) is 0 Å². The van der Waals surface area contributed by atoms with Gasteiger partial charge in [-0.2, -0.15) is 0 Å². The number of ether oxygens (including phenoxy) is 1. The molecule has 1 unspecified atom stereocenters. The second-order valence-electron chi connectivity index (χ2n) is 8.59. The van der Waals surface area contributed by atoms with Crippen LogP contribution in [0.25, 0.3) is 10.9 Å². The standard InChI is InChI=1S/C22H29BrN2O3/c1-15(26)11-25-12-18(21-17(23)8-5-9-19(21)25)24-20(27)10-22(13-28-14-22)16-6-3-2-4-7-16/h5,8-9,12,15-16,26H,2-4,6-7,10-11,13-14H2,1H3,(H,24,27). The number of aliphatic hydroxyl groups excluding tert-OH is 1. The Hall–Kier alpha value is -1.37. The van der Waals surface area contributed by atoms with Crippen LogP contribution in [0.1, 0.15) is 45.4 Å². The summed E-state index contributed by atoms with van der Waals surface area (Å²) in [4.78, 5) is 13.0. The molecule has 5 nitrogen and oxygen atoms in total. The molecule has 152 valence electrons. The molecule has 2 fully saturated rings. The molecule has 1 aliphatic carbocycles. The van der Waals surface area contributed by atoms with E-state index < -0.39 is 6.10 Å². The topological polar surface area (TPSA) is 63.5 Å². The summed E-state index contributed by atoms with van der Waals surface area (Å²) >= 11 is 3.62. The molecule has 1 aliphatic heterocycles. The fraction of sp³-hybridized carbons (Fsp3) is 0.591. The van der Waals surface area contributed by atoms with E-state index in [9.17, 15) is 9.90 Å². The summed E-state index contributed by atoms with van der Waals surface area (Å²) in [5.41, 5.74) is 1.81. The Morgan fingerprint density at radius 3 is 2.75 bits per heavy atom. The van der Waals surface area contributed by atoms with Gasteiger partial charge in [0.2, 0.25) is 5.91 Å². The third-order valence-electron chi connectivity index (χ3n) is 6.35. The van der Waals surface area contributed by atoms with Gasteiger partial charge >= 0.3 is 0 Å². The van der Waals surface area contributed by atoms with E-state index in [-0.39, 0.29) is 11.3 Å². The number of hydrogen-bond donors (Lipinski definition) is 2. The van der Waals surface area contributed by atoms with Gasteiger partial charge in [0.25, 0.3) is 0 Å². The van der Waals surface area contributed by atoms with Gasteiger partial charge in [-0.05, 0) is 37.8 Å². The lowest BCUT2D eigenvalue weighted by Crippen LogP contribution is -2.51. The number of anilines is 1. The first-order valence-corrected chi connectivity index (χ1v) is 11.1. The summed E-state index contributed by atoms with van der Waals surface area (Å²) in [6, 6.07) is 5.97. The lowest BCUT2D eigenvalue weighted by Gasteiger charge is -2.48. The van der Waals surface area contributed by atoms with Crippen LogP contribution in [0.3, 0.4) is 0 Å². The number of aliphatic hydroxyl groups is 1. The van der Waals surface area contributed by atoms with Gasteiger partial charge in [-0.3, -0.25) is 4.79 Å². The molecular formula is C22H29BrN2O3. The Morgan fingerprint density at radius 1 is 1.36 bits per heavy atom. The number of amides is 1. The smallest absolute Gasteiger partial charge is 0.225 e. The van der Waals surface area contributed by atoms with Gasteiger partial charge in [-0.15, -0.1) is 0 Å². The molecule has 0 bridgehead atoms. The molecular weight excluding hydrogens is 420 g/mol. The molecule has 1 saturated heterocycles. The largest absolute Gasteiger partial charge is 0.392 e. The highest BCUT2D eigenvalue weighted by molar-refractivity contribution is 9.10. The Morgan fingerprint density at radius 2 is 2.11 bits per heavy atom. The molecule has 1 aromatic heterocycles. The zero-order valence-corrected chi connectivity index (χ0v) is 18.0. The van der Waals surface area contributed by atoms with Crippen molar-refractivity contribution in [2.24, 2.45) is 11.3 Å². The fourth-order valence-electron chi connectivity index (χ4n) is 4.91. The number of hydrogen-bond acceptors (Lipinski definition) is 3. The zero-order chi connectivity index (χ0) is 19.7. The van der Waals surface area contributed by atoms with Gasteiger partial charge in [0.15, 0.2) is 0 Å².